The van der Waals surface area contributed by atoms with E-state index >= 15 is 0 Å². The number of carbonyl (C=O) groups excluding carboxylic acids is 1. The number of ether oxygens (including phenoxy) is 4. The highest BCUT2D eigenvalue weighted by Crippen LogP contribution is 2.36. The van der Waals surface area contributed by atoms with Crippen LogP contribution in [0.1, 0.15) is 72.1 Å². The van der Waals surface area contributed by atoms with Crippen molar-refractivity contribution in [2.24, 2.45) is 4.99 Å². The van der Waals surface area contributed by atoms with Gasteiger partial charge in [0.05, 0.1) is 41.2 Å². The molecular weight excluding hydrogens is 540 g/mol. The van der Waals surface area contributed by atoms with Gasteiger partial charge in [-0.1, -0.05) is 42.5 Å². The number of fused-ring (bicyclic) bond motifs is 1. The number of para-hydroxylation sites is 1. The Morgan fingerprint density at radius 1 is 1.02 bits per heavy atom. The minimum absolute atomic E-state index is 0.0446. The molecule has 4 rings (SSSR count). The molecular formula is C32H38N2O6S. The second-order valence-electron chi connectivity index (χ2n) is 9.98. The molecule has 1 aliphatic heterocycles. The third kappa shape index (κ3) is 6.56. The molecule has 0 aliphatic carbocycles. The molecule has 0 amide bonds. The summed E-state index contributed by atoms with van der Waals surface area (Å²) in [4.78, 5) is 32.5. The van der Waals surface area contributed by atoms with E-state index in [4.69, 9.17) is 18.9 Å². The summed E-state index contributed by atoms with van der Waals surface area (Å²) in [5, 5.41) is 0. The zero-order valence-corrected chi connectivity index (χ0v) is 25.5. The SMILES string of the molecule is CCOC(=O)C1=C(C)N=c2s/c(=C/c3ccc(O[C@H](C)CC)c(OCC)c3)c(=O)n2[C@H]1c1ccccc1OC(C)C. The summed E-state index contributed by atoms with van der Waals surface area (Å²) in [6, 6.07) is 12.3. The van der Waals surface area contributed by atoms with Crippen molar-refractivity contribution in [2.75, 3.05) is 13.2 Å². The van der Waals surface area contributed by atoms with E-state index in [2.05, 4.69) is 11.9 Å². The molecule has 0 bridgehead atoms. The summed E-state index contributed by atoms with van der Waals surface area (Å²) in [5.41, 5.74) is 2.04. The molecule has 0 N–H and O–H groups in total. The van der Waals surface area contributed by atoms with Crippen LogP contribution in [0.3, 0.4) is 0 Å². The van der Waals surface area contributed by atoms with Crippen LogP contribution in [-0.2, 0) is 9.53 Å². The van der Waals surface area contributed by atoms with Crippen molar-refractivity contribution in [3.8, 4) is 17.2 Å². The molecule has 0 saturated carbocycles. The van der Waals surface area contributed by atoms with Crippen molar-refractivity contribution in [2.45, 2.75) is 73.1 Å². The van der Waals surface area contributed by atoms with Crippen LogP contribution in [0.5, 0.6) is 17.2 Å². The fourth-order valence-corrected chi connectivity index (χ4v) is 5.63. The number of esters is 1. The Bertz CT molecular complexity index is 1620. The highest BCUT2D eigenvalue weighted by Gasteiger charge is 2.35. The van der Waals surface area contributed by atoms with Crippen LogP contribution < -0.4 is 29.1 Å². The highest BCUT2D eigenvalue weighted by atomic mass is 32.1. The minimum atomic E-state index is -0.757. The van der Waals surface area contributed by atoms with E-state index in [9.17, 15) is 9.59 Å². The Hall–Kier alpha value is -3.85. The van der Waals surface area contributed by atoms with E-state index in [-0.39, 0.29) is 24.4 Å². The van der Waals surface area contributed by atoms with Crippen LogP contribution >= 0.6 is 11.3 Å². The van der Waals surface area contributed by atoms with Crippen molar-refractivity contribution >= 4 is 23.4 Å². The van der Waals surface area contributed by atoms with Crippen LogP contribution in [0.15, 0.2) is 63.5 Å². The lowest BCUT2D eigenvalue weighted by Crippen LogP contribution is -2.40. The van der Waals surface area contributed by atoms with Gasteiger partial charge in [-0.05, 0) is 77.8 Å². The van der Waals surface area contributed by atoms with Crippen molar-refractivity contribution in [1.29, 1.82) is 0 Å². The summed E-state index contributed by atoms with van der Waals surface area (Å²) >= 11 is 1.27. The summed E-state index contributed by atoms with van der Waals surface area (Å²) in [6.45, 7) is 14.1. The summed E-state index contributed by atoms with van der Waals surface area (Å²) in [5.74, 6) is 1.37. The van der Waals surface area contributed by atoms with E-state index in [1.54, 1.807) is 18.4 Å². The van der Waals surface area contributed by atoms with Crippen LogP contribution in [0.2, 0.25) is 0 Å². The molecule has 1 aromatic heterocycles. The molecule has 0 spiro atoms. The van der Waals surface area contributed by atoms with Gasteiger partial charge in [-0.2, -0.15) is 0 Å². The third-order valence-corrected chi connectivity index (χ3v) is 7.54. The number of benzene rings is 2. The first kappa shape index (κ1) is 30.1. The maximum atomic E-state index is 14.0. The van der Waals surface area contributed by atoms with Crippen LogP contribution in [-0.4, -0.2) is 36.0 Å². The molecule has 0 fully saturated rings. The van der Waals surface area contributed by atoms with E-state index < -0.39 is 12.0 Å². The van der Waals surface area contributed by atoms with E-state index in [1.807, 2.05) is 76.2 Å². The first-order valence-electron chi connectivity index (χ1n) is 14.1. The molecule has 3 aromatic rings. The highest BCUT2D eigenvalue weighted by molar-refractivity contribution is 7.07. The summed E-state index contributed by atoms with van der Waals surface area (Å²) < 4.78 is 25.5. The van der Waals surface area contributed by atoms with Gasteiger partial charge >= 0.3 is 5.97 Å². The molecule has 0 unspecified atom stereocenters. The van der Waals surface area contributed by atoms with Gasteiger partial charge in [0.25, 0.3) is 5.56 Å². The molecule has 1 aliphatic rings. The molecule has 2 heterocycles. The fourth-order valence-electron chi connectivity index (χ4n) is 4.59. The molecule has 0 radical (unpaired) electrons. The average Bonchev–Trinajstić information content (AvgIpc) is 3.23. The minimum Gasteiger partial charge on any atom is -0.491 e. The van der Waals surface area contributed by atoms with Crippen LogP contribution in [0.25, 0.3) is 6.08 Å². The van der Waals surface area contributed by atoms with Crippen molar-refractivity contribution in [3.63, 3.8) is 0 Å². The van der Waals surface area contributed by atoms with Gasteiger partial charge in [0, 0.05) is 5.56 Å². The first-order valence-corrected chi connectivity index (χ1v) is 14.9. The molecule has 8 nitrogen and oxygen atoms in total. The molecule has 2 atom stereocenters. The Labute approximate surface area is 244 Å². The average molecular weight is 579 g/mol. The van der Waals surface area contributed by atoms with Gasteiger partial charge in [-0.25, -0.2) is 9.79 Å². The number of rotatable bonds is 11. The maximum absolute atomic E-state index is 14.0. The Kier molecular flexibility index (Phi) is 9.70. The van der Waals surface area contributed by atoms with Gasteiger partial charge in [-0.15, -0.1) is 0 Å². The number of allylic oxidation sites excluding steroid dienone is 1. The number of thiazole rings is 1. The Morgan fingerprint density at radius 3 is 2.46 bits per heavy atom. The van der Waals surface area contributed by atoms with Gasteiger partial charge in [-0.3, -0.25) is 9.36 Å². The lowest BCUT2D eigenvalue weighted by atomic mass is 9.95. The predicted molar refractivity (Wildman–Crippen MR) is 161 cm³/mol. The standard InChI is InChI=1S/C32H38N2O6S/c1-8-20(6)40-25-16-15-22(17-26(25)37-9-2)18-27-30(35)34-29(23-13-11-12-14-24(23)39-19(4)5)28(31(36)38-10-3)21(7)33-32(34)41-27/h11-20,29H,8-10H2,1-7H3/b27-18+/t20-,29+/m1/s1. The van der Waals surface area contributed by atoms with Crippen molar-refractivity contribution < 1.29 is 23.7 Å². The van der Waals surface area contributed by atoms with E-state index in [1.165, 1.54) is 11.3 Å². The van der Waals surface area contributed by atoms with Gasteiger partial charge < -0.3 is 18.9 Å². The zero-order valence-electron chi connectivity index (χ0n) is 24.7. The quantitative estimate of drug-likeness (QED) is 0.292. The van der Waals surface area contributed by atoms with Crippen LogP contribution in [0.4, 0.5) is 0 Å². The van der Waals surface area contributed by atoms with Gasteiger partial charge in [0.1, 0.15) is 11.8 Å². The summed E-state index contributed by atoms with van der Waals surface area (Å²) in [7, 11) is 0. The number of aromatic nitrogens is 1. The van der Waals surface area contributed by atoms with Gasteiger partial charge in [0.2, 0.25) is 0 Å². The normalized spacial score (nSPS) is 15.8. The van der Waals surface area contributed by atoms with Crippen molar-refractivity contribution in [1.82, 2.24) is 4.57 Å². The zero-order chi connectivity index (χ0) is 29.7. The Morgan fingerprint density at radius 2 is 1.78 bits per heavy atom. The molecule has 9 heteroatoms. The molecule has 41 heavy (non-hydrogen) atoms. The monoisotopic (exact) mass is 578 g/mol. The second-order valence-corrected chi connectivity index (χ2v) is 11.0. The van der Waals surface area contributed by atoms with Gasteiger partial charge in [0.15, 0.2) is 16.3 Å². The maximum Gasteiger partial charge on any atom is 0.338 e. The fraction of sp³-hybridized carbons (Fsp3) is 0.406. The number of hydrogen-bond donors (Lipinski definition) is 0. The van der Waals surface area contributed by atoms with Crippen molar-refractivity contribution in [3.05, 3.63) is 84.5 Å². The van der Waals surface area contributed by atoms with E-state index in [0.29, 0.717) is 50.0 Å². The molecule has 2 aromatic carbocycles. The smallest absolute Gasteiger partial charge is 0.338 e. The lowest BCUT2D eigenvalue weighted by Gasteiger charge is -2.26. The predicted octanol–water partition coefficient (Wildman–Crippen LogP) is 5.16. The topological polar surface area (TPSA) is 88.4 Å². The van der Waals surface area contributed by atoms with E-state index in [0.717, 1.165) is 12.0 Å². The summed E-state index contributed by atoms with van der Waals surface area (Å²) in [6.07, 6.45) is 2.63. The third-order valence-electron chi connectivity index (χ3n) is 6.56. The number of carbonyl (C=O) groups is 1. The lowest BCUT2D eigenvalue weighted by molar-refractivity contribution is -0.139. The largest absolute Gasteiger partial charge is 0.491 e. The molecule has 218 valence electrons. The first-order chi connectivity index (χ1) is 19.7. The second kappa shape index (κ2) is 13.2. The molecule has 0 saturated heterocycles. The Balaban J connectivity index is 1.90. The number of hydrogen-bond acceptors (Lipinski definition) is 8. The van der Waals surface area contributed by atoms with Crippen LogP contribution in [0, 0.1) is 0 Å². The number of nitrogens with zero attached hydrogens (tertiary/aromatic N) is 2.